The Labute approximate surface area is 104 Å². The van der Waals surface area contributed by atoms with Crippen molar-refractivity contribution < 1.29 is 0 Å². The molecule has 3 atom stereocenters. The van der Waals surface area contributed by atoms with Crippen LogP contribution in [0.15, 0.2) is 0 Å². The summed E-state index contributed by atoms with van der Waals surface area (Å²) < 4.78 is -0.909. The number of fused-ring (bicyclic) bond motifs is 1. The Morgan fingerprint density at radius 2 is 1.64 bits per heavy atom. The highest BCUT2D eigenvalue weighted by atomic mass is 35.5. The molecule has 0 saturated heterocycles. The normalized spacial score (nSPS) is 52.3. The minimum absolute atomic E-state index is 0.264. The average molecular weight is 274 g/mol. The third-order valence-electron chi connectivity index (χ3n) is 4.39. The van der Waals surface area contributed by atoms with Crippen LogP contribution in [0.25, 0.3) is 0 Å². The molecule has 3 saturated carbocycles. The number of rotatable bonds is 0. The van der Waals surface area contributed by atoms with E-state index in [9.17, 15) is 0 Å². The van der Waals surface area contributed by atoms with Crippen LogP contribution in [0.3, 0.4) is 0 Å². The van der Waals surface area contributed by atoms with Crippen molar-refractivity contribution >= 4 is 46.4 Å². The van der Waals surface area contributed by atoms with E-state index in [1.165, 1.54) is 0 Å². The number of alkyl halides is 4. The summed E-state index contributed by atoms with van der Waals surface area (Å²) in [6.07, 6.45) is 5.03. The van der Waals surface area contributed by atoms with Crippen molar-refractivity contribution in [2.75, 3.05) is 0 Å². The molecule has 0 unspecified atom stereocenters. The van der Waals surface area contributed by atoms with Gasteiger partial charge in [0, 0.05) is 11.3 Å². The van der Waals surface area contributed by atoms with Crippen LogP contribution in [-0.2, 0) is 0 Å². The largest absolute Gasteiger partial charge is 0.128 e. The molecule has 0 radical (unpaired) electrons. The summed E-state index contributed by atoms with van der Waals surface area (Å²) in [5, 5.41) is 0. The zero-order valence-corrected chi connectivity index (χ0v) is 10.7. The molecule has 14 heavy (non-hydrogen) atoms. The van der Waals surface area contributed by atoms with Crippen molar-refractivity contribution in [2.24, 2.45) is 17.3 Å². The Morgan fingerprint density at radius 1 is 0.929 bits per heavy atom. The molecule has 3 aliphatic rings. The maximum atomic E-state index is 6.20. The fourth-order valence-electron chi connectivity index (χ4n) is 3.49. The van der Waals surface area contributed by atoms with Crippen molar-refractivity contribution in [1.29, 1.82) is 0 Å². The number of hydrogen-bond acceptors (Lipinski definition) is 0. The van der Waals surface area contributed by atoms with Gasteiger partial charge in [-0.25, -0.2) is 0 Å². The first kappa shape index (κ1) is 10.3. The highest BCUT2D eigenvalue weighted by Crippen LogP contribution is 2.93. The number of hydrogen-bond donors (Lipinski definition) is 0. The lowest BCUT2D eigenvalue weighted by molar-refractivity contribution is 0.356. The summed E-state index contributed by atoms with van der Waals surface area (Å²) in [5.74, 6) is 1.25. The Bertz CT molecular complexity index is 284. The van der Waals surface area contributed by atoms with E-state index >= 15 is 0 Å². The van der Waals surface area contributed by atoms with Gasteiger partial charge in [0.25, 0.3) is 0 Å². The quantitative estimate of drug-likeness (QED) is 0.569. The molecule has 0 N–H and O–H groups in total. The molecule has 80 valence electrons. The average Bonchev–Trinajstić information content (AvgIpc) is 2.82. The standard InChI is InChI=1S/C10H12Cl4/c11-8(12)3-1-4-9-6(2-5-8)7(9)10(9,13)14/h6-7H,1-5H2/t6-,7+,9-/m0/s1. The molecular weight excluding hydrogens is 262 g/mol. The molecule has 0 heterocycles. The van der Waals surface area contributed by atoms with Crippen LogP contribution in [-0.4, -0.2) is 8.67 Å². The Hall–Kier alpha value is 1.16. The van der Waals surface area contributed by atoms with Gasteiger partial charge in [-0.15, -0.1) is 46.4 Å². The third-order valence-corrected chi connectivity index (χ3v) is 6.32. The fourth-order valence-corrected chi connectivity index (χ4v) is 5.26. The molecule has 4 heteroatoms. The van der Waals surface area contributed by atoms with E-state index in [-0.39, 0.29) is 5.41 Å². The Morgan fingerprint density at radius 3 is 2.29 bits per heavy atom. The van der Waals surface area contributed by atoms with E-state index < -0.39 is 8.67 Å². The third kappa shape index (κ3) is 1.09. The van der Waals surface area contributed by atoms with Crippen molar-refractivity contribution in [1.82, 2.24) is 0 Å². The number of halogens is 4. The molecule has 3 fully saturated rings. The molecule has 0 aliphatic heterocycles. The SMILES string of the molecule is ClC1(Cl)CCC[C@]23[C@@H](CC1)[C@H]2C3(Cl)Cl. The molecule has 0 bridgehead atoms. The Kier molecular flexibility index (Phi) is 1.99. The van der Waals surface area contributed by atoms with Crippen molar-refractivity contribution in [2.45, 2.75) is 40.8 Å². The van der Waals surface area contributed by atoms with E-state index in [1.807, 2.05) is 0 Å². The van der Waals surface area contributed by atoms with Crippen LogP contribution in [0.5, 0.6) is 0 Å². The van der Waals surface area contributed by atoms with Gasteiger partial charge in [-0.2, -0.15) is 0 Å². The first-order valence-corrected chi connectivity index (χ1v) is 6.69. The van der Waals surface area contributed by atoms with E-state index in [0.29, 0.717) is 11.8 Å². The highest BCUT2D eigenvalue weighted by molar-refractivity contribution is 6.53. The molecule has 0 aromatic heterocycles. The maximum Gasteiger partial charge on any atom is 0.128 e. The lowest BCUT2D eigenvalue weighted by Crippen LogP contribution is -2.24. The van der Waals surface area contributed by atoms with Crippen LogP contribution in [0.2, 0.25) is 0 Å². The predicted octanol–water partition coefficient (Wildman–Crippen LogP) is 4.54. The van der Waals surface area contributed by atoms with Crippen molar-refractivity contribution in [3.05, 3.63) is 0 Å². The monoisotopic (exact) mass is 272 g/mol. The van der Waals surface area contributed by atoms with E-state index in [0.717, 1.165) is 32.1 Å². The minimum Gasteiger partial charge on any atom is -0.102 e. The van der Waals surface area contributed by atoms with Gasteiger partial charge in [-0.05, 0) is 38.0 Å². The van der Waals surface area contributed by atoms with Gasteiger partial charge in [-0.1, -0.05) is 0 Å². The second-order valence-corrected chi connectivity index (χ2v) is 8.02. The maximum absolute atomic E-state index is 6.20. The molecule has 1 spiro atoms. The van der Waals surface area contributed by atoms with Crippen LogP contribution in [0, 0.1) is 17.3 Å². The van der Waals surface area contributed by atoms with Gasteiger partial charge in [0.05, 0.1) is 0 Å². The summed E-state index contributed by atoms with van der Waals surface area (Å²) in [4.78, 5) is 0. The van der Waals surface area contributed by atoms with Gasteiger partial charge in [0.2, 0.25) is 0 Å². The second kappa shape index (κ2) is 2.70. The van der Waals surface area contributed by atoms with E-state index in [2.05, 4.69) is 0 Å². The Balaban J connectivity index is 1.72. The van der Waals surface area contributed by atoms with Gasteiger partial charge in [-0.3, -0.25) is 0 Å². The zero-order chi connectivity index (χ0) is 10.2. The molecule has 0 amide bonds. The van der Waals surface area contributed by atoms with Crippen LogP contribution in [0.1, 0.15) is 32.1 Å². The lowest BCUT2D eigenvalue weighted by Gasteiger charge is -2.28. The summed E-state index contributed by atoms with van der Waals surface area (Å²) >= 11 is 24.7. The summed E-state index contributed by atoms with van der Waals surface area (Å²) in [6.45, 7) is 0. The zero-order valence-electron chi connectivity index (χ0n) is 7.70. The van der Waals surface area contributed by atoms with Crippen LogP contribution in [0.4, 0.5) is 0 Å². The van der Waals surface area contributed by atoms with Gasteiger partial charge < -0.3 is 0 Å². The van der Waals surface area contributed by atoms with Crippen LogP contribution < -0.4 is 0 Å². The molecule has 0 aromatic carbocycles. The first-order valence-electron chi connectivity index (χ1n) is 5.17. The van der Waals surface area contributed by atoms with E-state index in [4.69, 9.17) is 46.4 Å². The minimum atomic E-state index is -0.502. The van der Waals surface area contributed by atoms with Gasteiger partial charge in [0.15, 0.2) is 0 Å². The van der Waals surface area contributed by atoms with Crippen molar-refractivity contribution in [3.63, 3.8) is 0 Å². The smallest absolute Gasteiger partial charge is 0.102 e. The molecule has 0 nitrogen and oxygen atoms in total. The second-order valence-electron chi connectivity index (χ2n) is 5.00. The fraction of sp³-hybridized carbons (Fsp3) is 1.00. The molecule has 0 aromatic rings. The molecule has 3 aliphatic carbocycles. The summed E-state index contributed by atoms with van der Waals surface area (Å²) in [7, 11) is 0. The van der Waals surface area contributed by atoms with Crippen LogP contribution >= 0.6 is 46.4 Å². The first-order chi connectivity index (χ1) is 6.42. The van der Waals surface area contributed by atoms with Gasteiger partial charge >= 0.3 is 0 Å². The van der Waals surface area contributed by atoms with E-state index in [1.54, 1.807) is 0 Å². The summed E-state index contributed by atoms with van der Waals surface area (Å²) in [6, 6.07) is 0. The molecular formula is C10H12Cl4. The lowest BCUT2D eigenvalue weighted by atomic mass is 9.90. The highest BCUT2D eigenvalue weighted by Gasteiger charge is 2.93. The van der Waals surface area contributed by atoms with Crippen molar-refractivity contribution in [3.8, 4) is 0 Å². The predicted molar refractivity (Wildman–Crippen MR) is 61.4 cm³/mol. The molecule has 3 rings (SSSR count). The topological polar surface area (TPSA) is 0 Å². The summed E-state index contributed by atoms with van der Waals surface area (Å²) in [5.41, 5.74) is 0.264. The van der Waals surface area contributed by atoms with Gasteiger partial charge in [0.1, 0.15) is 8.67 Å².